The Hall–Kier alpha value is -3.03. The number of likely N-dealkylation sites (N-methyl/N-ethyl adjacent to an activating group) is 1. The van der Waals surface area contributed by atoms with Crippen LogP contribution in [0.1, 0.15) is 15.9 Å². The van der Waals surface area contributed by atoms with Crippen LogP contribution >= 0.6 is 11.6 Å². The number of carbonyl (C=O) groups excluding carboxylic acids is 1. The Morgan fingerprint density at radius 1 is 1.00 bits per heavy atom. The number of benzene rings is 3. The summed E-state index contributed by atoms with van der Waals surface area (Å²) in [6.45, 7) is 2.60. The molecule has 0 spiro atoms. The number of hydrogen-bond donors (Lipinski definition) is 1. The molecule has 0 bridgehead atoms. The average molecular weight is 459 g/mol. The fourth-order valence-corrected chi connectivity index (χ4v) is 4.10. The minimum Gasteiger partial charge on any atom is -0.491 e. The molecule has 0 aliphatic carbocycles. The summed E-state index contributed by atoms with van der Waals surface area (Å²) < 4.78 is 33.7. The molecular formula is C23H23ClN2O4S. The first-order chi connectivity index (χ1) is 14.8. The van der Waals surface area contributed by atoms with Crippen molar-refractivity contribution in [2.24, 2.45) is 0 Å². The molecular weight excluding hydrogens is 436 g/mol. The molecule has 162 valence electrons. The Balaban J connectivity index is 1.70. The first-order valence-corrected chi connectivity index (χ1v) is 11.5. The molecule has 0 atom stereocenters. The molecule has 31 heavy (non-hydrogen) atoms. The molecule has 1 N–H and O–H groups in total. The van der Waals surface area contributed by atoms with E-state index in [0.717, 1.165) is 11.3 Å². The molecule has 0 fully saturated rings. The Bertz CT molecular complexity index is 1160. The van der Waals surface area contributed by atoms with Crippen LogP contribution in [-0.2, 0) is 10.0 Å². The molecule has 0 saturated heterocycles. The van der Waals surface area contributed by atoms with Gasteiger partial charge in [-0.1, -0.05) is 41.9 Å². The number of nitrogens with one attached hydrogen (secondary N) is 1. The van der Waals surface area contributed by atoms with Crippen molar-refractivity contribution in [3.8, 4) is 5.75 Å². The normalized spacial score (nSPS) is 11.1. The summed E-state index contributed by atoms with van der Waals surface area (Å²) in [5.41, 5.74) is 1.46. The number of carbonyl (C=O) groups is 1. The summed E-state index contributed by atoms with van der Waals surface area (Å²) in [5, 5.41) is 0.434. The second kappa shape index (κ2) is 9.85. The van der Waals surface area contributed by atoms with Gasteiger partial charge < -0.3 is 9.64 Å². The summed E-state index contributed by atoms with van der Waals surface area (Å²) >= 11 is 5.84. The van der Waals surface area contributed by atoms with Gasteiger partial charge in [0.1, 0.15) is 12.4 Å². The molecule has 3 aromatic rings. The van der Waals surface area contributed by atoms with Gasteiger partial charge in [0.2, 0.25) is 0 Å². The zero-order valence-corrected chi connectivity index (χ0v) is 18.8. The maximum atomic E-state index is 13.0. The van der Waals surface area contributed by atoms with Crippen molar-refractivity contribution in [3.63, 3.8) is 0 Å². The number of sulfonamides is 1. The van der Waals surface area contributed by atoms with E-state index in [1.54, 1.807) is 31.3 Å². The van der Waals surface area contributed by atoms with Crippen molar-refractivity contribution >= 4 is 33.2 Å². The van der Waals surface area contributed by atoms with E-state index in [1.807, 2.05) is 31.2 Å². The standard InChI is InChI=1S/C23H23ClN2O4S/c1-17-7-3-6-10-22(17)30-16-15-26(2)23(27)20-8-4-5-9-21(20)25-31(28,29)19-13-11-18(24)12-14-19/h3-14,25H,15-16H2,1-2H3. The monoisotopic (exact) mass is 458 g/mol. The quantitative estimate of drug-likeness (QED) is 0.535. The van der Waals surface area contributed by atoms with Gasteiger partial charge in [-0.25, -0.2) is 8.42 Å². The molecule has 0 heterocycles. The van der Waals surface area contributed by atoms with Crippen LogP contribution in [0.25, 0.3) is 0 Å². The third kappa shape index (κ3) is 5.77. The smallest absolute Gasteiger partial charge is 0.261 e. The predicted octanol–water partition coefficient (Wildman–Crippen LogP) is 4.60. The van der Waals surface area contributed by atoms with Crippen molar-refractivity contribution in [3.05, 3.63) is 88.9 Å². The molecule has 0 aromatic heterocycles. The van der Waals surface area contributed by atoms with Crippen LogP contribution in [0, 0.1) is 6.92 Å². The van der Waals surface area contributed by atoms with Gasteiger partial charge >= 0.3 is 0 Å². The lowest BCUT2D eigenvalue weighted by molar-refractivity contribution is 0.0774. The van der Waals surface area contributed by atoms with Crippen LogP contribution < -0.4 is 9.46 Å². The Kier molecular flexibility index (Phi) is 7.20. The third-order valence-corrected chi connectivity index (χ3v) is 6.28. The van der Waals surface area contributed by atoms with Gasteiger partial charge in [-0.15, -0.1) is 0 Å². The number of nitrogens with zero attached hydrogens (tertiary/aromatic N) is 1. The van der Waals surface area contributed by atoms with E-state index < -0.39 is 10.0 Å². The van der Waals surface area contributed by atoms with Crippen LogP contribution in [0.5, 0.6) is 5.75 Å². The molecule has 6 nitrogen and oxygen atoms in total. The first-order valence-electron chi connectivity index (χ1n) is 9.59. The lowest BCUT2D eigenvalue weighted by Crippen LogP contribution is -2.31. The third-order valence-electron chi connectivity index (χ3n) is 4.65. The lowest BCUT2D eigenvalue weighted by atomic mass is 10.1. The molecule has 0 radical (unpaired) electrons. The maximum absolute atomic E-state index is 13.0. The Morgan fingerprint density at radius 3 is 2.35 bits per heavy atom. The van der Waals surface area contributed by atoms with Gasteiger partial charge in [-0.05, 0) is 55.0 Å². The molecule has 1 amide bonds. The van der Waals surface area contributed by atoms with Gasteiger partial charge in [-0.2, -0.15) is 0 Å². The van der Waals surface area contributed by atoms with Crippen molar-refractivity contribution in [1.29, 1.82) is 0 Å². The van der Waals surface area contributed by atoms with E-state index >= 15 is 0 Å². The highest BCUT2D eigenvalue weighted by Gasteiger charge is 2.20. The molecule has 3 rings (SSSR count). The number of rotatable bonds is 8. The van der Waals surface area contributed by atoms with E-state index in [-0.39, 0.29) is 22.1 Å². The van der Waals surface area contributed by atoms with Crippen molar-refractivity contribution in [2.75, 3.05) is 24.9 Å². The van der Waals surface area contributed by atoms with Crippen LogP contribution in [-0.4, -0.2) is 39.4 Å². The molecule has 0 saturated carbocycles. The molecule has 3 aromatic carbocycles. The van der Waals surface area contributed by atoms with Crippen LogP contribution in [0.4, 0.5) is 5.69 Å². The highest BCUT2D eigenvalue weighted by atomic mass is 35.5. The number of ether oxygens (including phenoxy) is 1. The molecule has 8 heteroatoms. The minimum atomic E-state index is -3.87. The number of amides is 1. The van der Waals surface area contributed by atoms with E-state index in [1.165, 1.54) is 29.2 Å². The largest absolute Gasteiger partial charge is 0.491 e. The number of para-hydroxylation sites is 2. The van der Waals surface area contributed by atoms with E-state index in [9.17, 15) is 13.2 Å². The predicted molar refractivity (Wildman–Crippen MR) is 122 cm³/mol. The fraction of sp³-hybridized carbons (Fsp3) is 0.174. The summed E-state index contributed by atoms with van der Waals surface area (Å²) in [7, 11) is -2.23. The van der Waals surface area contributed by atoms with Gasteiger partial charge in [0.15, 0.2) is 0 Å². The molecule has 0 aliphatic heterocycles. The topological polar surface area (TPSA) is 75.7 Å². The summed E-state index contributed by atoms with van der Waals surface area (Å²) in [6, 6.07) is 19.9. The summed E-state index contributed by atoms with van der Waals surface area (Å²) in [4.78, 5) is 14.5. The van der Waals surface area contributed by atoms with E-state index in [4.69, 9.17) is 16.3 Å². The number of hydrogen-bond acceptors (Lipinski definition) is 4. The van der Waals surface area contributed by atoms with Crippen molar-refractivity contribution < 1.29 is 17.9 Å². The van der Waals surface area contributed by atoms with Crippen LogP contribution in [0.2, 0.25) is 5.02 Å². The molecule has 0 aliphatic rings. The van der Waals surface area contributed by atoms with Crippen LogP contribution in [0.15, 0.2) is 77.7 Å². The zero-order valence-electron chi connectivity index (χ0n) is 17.2. The van der Waals surface area contributed by atoms with Gasteiger partial charge in [0, 0.05) is 12.1 Å². The highest BCUT2D eigenvalue weighted by Crippen LogP contribution is 2.22. The lowest BCUT2D eigenvalue weighted by Gasteiger charge is -2.20. The van der Waals surface area contributed by atoms with Gasteiger partial charge in [-0.3, -0.25) is 9.52 Å². The number of halogens is 1. The maximum Gasteiger partial charge on any atom is 0.261 e. The summed E-state index contributed by atoms with van der Waals surface area (Å²) in [6.07, 6.45) is 0. The Labute approximate surface area is 187 Å². The second-order valence-electron chi connectivity index (χ2n) is 6.95. The first kappa shape index (κ1) is 22.7. The summed E-state index contributed by atoms with van der Waals surface area (Å²) in [5.74, 6) is 0.447. The van der Waals surface area contributed by atoms with Crippen molar-refractivity contribution in [2.45, 2.75) is 11.8 Å². The number of anilines is 1. The highest BCUT2D eigenvalue weighted by molar-refractivity contribution is 7.92. The van der Waals surface area contributed by atoms with Gasteiger partial charge in [0.25, 0.3) is 15.9 Å². The molecule has 0 unspecified atom stereocenters. The zero-order chi connectivity index (χ0) is 22.4. The Morgan fingerprint density at radius 2 is 1.65 bits per heavy atom. The van der Waals surface area contributed by atoms with E-state index in [0.29, 0.717) is 18.2 Å². The van der Waals surface area contributed by atoms with Crippen LogP contribution in [0.3, 0.4) is 0 Å². The number of aryl methyl sites for hydroxylation is 1. The minimum absolute atomic E-state index is 0.0548. The van der Waals surface area contributed by atoms with Crippen molar-refractivity contribution in [1.82, 2.24) is 4.90 Å². The second-order valence-corrected chi connectivity index (χ2v) is 9.06. The fourth-order valence-electron chi connectivity index (χ4n) is 2.89. The van der Waals surface area contributed by atoms with E-state index in [2.05, 4.69) is 4.72 Å². The SMILES string of the molecule is Cc1ccccc1OCCN(C)C(=O)c1ccccc1NS(=O)(=O)c1ccc(Cl)cc1. The van der Waals surface area contributed by atoms with Gasteiger partial charge in [0.05, 0.1) is 22.7 Å². The average Bonchev–Trinajstić information content (AvgIpc) is 2.75.